The standard InChI is InChI=1S/C18H19F6N3O3/c19-17(20,21)16(7-8-16)14(28)27-9-5-12(6-10-27)26-15(29)25-11-1-3-13(4-2-11)30-18(22,23)24/h1-4,12H,5-10H2,(H2,25,26,29). The number of benzene rings is 1. The average molecular weight is 439 g/mol. The van der Waals surface area contributed by atoms with Gasteiger partial charge in [-0.25, -0.2) is 4.79 Å². The highest BCUT2D eigenvalue weighted by Gasteiger charge is 2.69. The van der Waals surface area contributed by atoms with Gasteiger partial charge in [-0.2, -0.15) is 13.2 Å². The van der Waals surface area contributed by atoms with Crippen molar-refractivity contribution in [2.45, 2.75) is 44.3 Å². The molecule has 0 spiro atoms. The summed E-state index contributed by atoms with van der Waals surface area (Å²) in [4.78, 5) is 25.5. The Morgan fingerprint density at radius 3 is 2.03 bits per heavy atom. The van der Waals surface area contributed by atoms with E-state index < -0.39 is 35.6 Å². The molecule has 2 N–H and O–H groups in total. The minimum Gasteiger partial charge on any atom is -0.406 e. The van der Waals surface area contributed by atoms with Crippen molar-refractivity contribution in [3.05, 3.63) is 24.3 Å². The summed E-state index contributed by atoms with van der Waals surface area (Å²) < 4.78 is 79.4. The highest BCUT2D eigenvalue weighted by molar-refractivity contribution is 5.89. The Balaban J connectivity index is 1.45. The Labute approximate surface area is 167 Å². The number of nitrogens with zero attached hydrogens (tertiary/aromatic N) is 1. The number of anilines is 1. The molecule has 1 aliphatic heterocycles. The highest BCUT2D eigenvalue weighted by Crippen LogP contribution is 2.58. The summed E-state index contributed by atoms with van der Waals surface area (Å²) in [5, 5.41) is 5.09. The summed E-state index contributed by atoms with van der Waals surface area (Å²) in [6.07, 6.45) is -9.16. The molecule has 1 saturated heterocycles. The number of carbonyl (C=O) groups excluding carboxylic acids is 2. The van der Waals surface area contributed by atoms with Crippen LogP contribution in [0.15, 0.2) is 24.3 Å². The van der Waals surface area contributed by atoms with Crippen molar-refractivity contribution in [2.75, 3.05) is 18.4 Å². The van der Waals surface area contributed by atoms with Gasteiger partial charge in [0.25, 0.3) is 0 Å². The number of piperidine rings is 1. The number of alkyl halides is 6. The number of nitrogens with one attached hydrogen (secondary N) is 2. The number of hydrogen-bond acceptors (Lipinski definition) is 3. The molecule has 30 heavy (non-hydrogen) atoms. The van der Waals surface area contributed by atoms with Crippen molar-refractivity contribution < 1.29 is 40.7 Å². The molecule has 1 aromatic carbocycles. The van der Waals surface area contributed by atoms with Gasteiger partial charge in [0.2, 0.25) is 5.91 Å². The van der Waals surface area contributed by atoms with E-state index in [0.717, 1.165) is 12.1 Å². The van der Waals surface area contributed by atoms with Gasteiger partial charge in [0.15, 0.2) is 0 Å². The number of rotatable bonds is 4. The first-order chi connectivity index (χ1) is 13.9. The lowest BCUT2D eigenvalue weighted by Gasteiger charge is -2.35. The molecule has 2 fully saturated rings. The fraction of sp³-hybridized carbons (Fsp3) is 0.556. The number of carbonyl (C=O) groups is 2. The van der Waals surface area contributed by atoms with Crippen LogP contribution in [0.3, 0.4) is 0 Å². The second kappa shape index (κ2) is 7.88. The molecule has 1 aromatic rings. The van der Waals surface area contributed by atoms with Crippen LogP contribution in [0, 0.1) is 5.41 Å². The van der Waals surface area contributed by atoms with E-state index in [1.807, 2.05) is 0 Å². The van der Waals surface area contributed by atoms with Crippen LogP contribution in [0.4, 0.5) is 36.8 Å². The third-order valence-electron chi connectivity index (χ3n) is 5.17. The van der Waals surface area contributed by atoms with Gasteiger partial charge >= 0.3 is 18.6 Å². The Bertz CT molecular complexity index is 782. The van der Waals surface area contributed by atoms with Crippen molar-refractivity contribution in [3.8, 4) is 5.75 Å². The molecule has 1 aliphatic carbocycles. The molecule has 3 amide bonds. The van der Waals surface area contributed by atoms with E-state index in [0.29, 0.717) is 12.8 Å². The van der Waals surface area contributed by atoms with E-state index in [2.05, 4.69) is 15.4 Å². The van der Waals surface area contributed by atoms with Crippen LogP contribution in [-0.4, -0.2) is 48.5 Å². The first-order valence-corrected chi connectivity index (χ1v) is 9.19. The van der Waals surface area contributed by atoms with Crippen molar-refractivity contribution in [1.82, 2.24) is 10.2 Å². The number of amides is 3. The zero-order valence-corrected chi connectivity index (χ0v) is 15.6. The second-order valence-electron chi connectivity index (χ2n) is 7.32. The summed E-state index contributed by atoms with van der Waals surface area (Å²) in [6.45, 7) is 0.205. The van der Waals surface area contributed by atoms with Crippen molar-refractivity contribution >= 4 is 17.6 Å². The quantitative estimate of drug-likeness (QED) is 0.696. The third kappa shape index (κ3) is 5.08. The molecule has 0 bridgehead atoms. The lowest BCUT2D eigenvalue weighted by molar-refractivity contribution is -0.274. The third-order valence-corrected chi connectivity index (χ3v) is 5.17. The number of urea groups is 1. The molecule has 6 nitrogen and oxygen atoms in total. The highest BCUT2D eigenvalue weighted by atomic mass is 19.4. The number of ether oxygens (including phenoxy) is 1. The molecule has 1 heterocycles. The zero-order chi connectivity index (χ0) is 22.2. The van der Waals surface area contributed by atoms with Crippen LogP contribution >= 0.6 is 0 Å². The minimum absolute atomic E-state index is 0.102. The SMILES string of the molecule is O=C(Nc1ccc(OC(F)(F)F)cc1)NC1CCN(C(=O)C2(C(F)(F)F)CC2)CC1. The predicted molar refractivity (Wildman–Crippen MR) is 92.6 cm³/mol. The summed E-state index contributed by atoms with van der Waals surface area (Å²) in [6, 6.07) is 3.59. The maximum atomic E-state index is 13.1. The lowest BCUT2D eigenvalue weighted by atomic mass is 10.00. The van der Waals surface area contributed by atoms with Gasteiger partial charge in [-0.15, -0.1) is 13.2 Å². The number of halogens is 6. The second-order valence-corrected chi connectivity index (χ2v) is 7.32. The van der Waals surface area contributed by atoms with Gasteiger partial charge in [-0.1, -0.05) is 0 Å². The topological polar surface area (TPSA) is 70.7 Å². The van der Waals surface area contributed by atoms with Crippen LogP contribution < -0.4 is 15.4 Å². The van der Waals surface area contributed by atoms with Gasteiger partial charge in [-0.05, 0) is 49.9 Å². The lowest BCUT2D eigenvalue weighted by Crippen LogP contribution is -2.51. The summed E-state index contributed by atoms with van der Waals surface area (Å²) in [5.41, 5.74) is -2.01. The number of hydrogen-bond donors (Lipinski definition) is 2. The monoisotopic (exact) mass is 439 g/mol. The van der Waals surface area contributed by atoms with Crippen LogP contribution in [-0.2, 0) is 4.79 Å². The predicted octanol–water partition coefficient (Wildman–Crippen LogP) is 4.04. The Morgan fingerprint density at radius 1 is 1.00 bits per heavy atom. The van der Waals surface area contributed by atoms with Crippen molar-refractivity contribution in [1.29, 1.82) is 0 Å². The van der Waals surface area contributed by atoms with Crippen molar-refractivity contribution in [3.63, 3.8) is 0 Å². The van der Waals surface area contributed by atoms with Gasteiger partial charge in [0, 0.05) is 24.8 Å². The molecule has 12 heteroatoms. The van der Waals surface area contributed by atoms with Crippen LogP contribution in [0.1, 0.15) is 25.7 Å². The first kappa shape index (κ1) is 22.0. The Kier molecular flexibility index (Phi) is 5.79. The molecule has 166 valence electrons. The fourth-order valence-electron chi connectivity index (χ4n) is 3.37. The van der Waals surface area contributed by atoms with E-state index in [1.165, 1.54) is 17.0 Å². The van der Waals surface area contributed by atoms with Gasteiger partial charge < -0.3 is 20.3 Å². The Morgan fingerprint density at radius 2 is 1.57 bits per heavy atom. The molecular weight excluding hydrogens is 420 g/mol. The van der Waals surface area contributed by atoms with E-state index in [9.17, 15) is 35.9 Å². The zero-order valence-electron chi connectivity index (χ0n) is 15.6. The summed E-state index contributed by atoms with van der Waals surface area (Å²) in [7, 11) is 0. The minimum atomic E-state index is -4.82. The van der Waals surface area contributed by atoms with E-state index in [4.69, 9.17) is 0 Å². The molecule has 2 aliphatic rings. The summed E-state index contributed by atoms with van der Waals surface area (Å²) in [5.74, 6) is -1.34. The Hall–Kier alpha value is -2.66. The summed E-state index contributed by atoms with van der Waals surface area (Å²) >= 11 is 0. The van der Waals surface area contributed by atoms with Gasteiger partial charge in [0.05, 0.1) is 0 Å². The smallest absolute Gasteiger partial charge is 0.406 e. The molecular formula is C18H19F6N3O3. The van der Waals surface area contributed by atoms with Crippen molar-refractivity contribution in [2.24, 2.45) is 5.41 Å². The van der Waals surface area contributed by atoms with E-state index in [1.54, 1.807) is 0 Å². The average Bonchev–Trinajstić information content (AvgIpc) is 3.44. The normalized spacial score (nSPS) is 19.2. The van der Waals surface area contributed by atoms with Crippen LogP contribution in [0.2, 0.25) is 0 Å². The fourth-order valence-corrected chi connectivity index (χ4v) is 3.37. The van der Waals surface area contributed by atoms with E-state index in [-0.39, 0.29) is 37.7 Å². The first-order valence-electron chi connectivity index (χ1n) is 9.19. The van der Waals surface area contributed by atoms with Gasteiger partial charge in [0.1, 0.15) is 11.2 Å². The number of likely N-dealkylation sites (tertiary alicyclic amines) is 1. The largest absolute Gasteiger partial charge is 0.573 e. The van der Waals surface area contributed by atoms with Crippen LogP contribution in [0.25, 0.3) is 0 Å². The molecule has 0 unspecified atom stereocenters. The molecule has 0 atom stereocenters. The molecule has 0 radical (unpaired) electrons. The molecule has 0 aromatic heterocycles. The maximum absolute atomic E-state index is 13.1. The maximum Gasteiger partial charge on any atom is 0.573 e. The van der Waals surface area contributed by atoms with E-state index >= 15 is 0 Å². The van der Waals surface area contributed by atoms with Gasteiger partial charge in [-0.3, -0.25) is 4.79 Å². The molecule has 3 rings (SSSR count). The molecule has 1 saturated carbocycles. The van der Waals surface area contributed by atoms with Crippen LogP contribution in [0.5, 0.6) is 5.75 Å².